The molecule has 0 aliphatic carbocycles. The molecule has 8 heteroatoms. The Bertz CT molecular complexity index is 915. The summed E-state index contributed by atoms with van der Waals surface area (Å²) in [6.45, 7) is 0.581. The van der Waals surface area contributed by atoms with Gasteiger partial charge in [-0.05, 0) is 30.2 Å². The number of hydrogen-bond donors (Lipinski definition) is 1. The van der Waals surface area contributed by atoms with E-state index in [1.165, 1.54) is 12.4 Å². The molecule has 3 aromatic rings. The molecule has 2 heterocycles. The van der Waals surface area contributed by atoms with E-state index in [1.807, 2.05) is 24.3 Å². The molecular weight excluding hydrogens is 357 g/mol. The molecule has 1 N–H and O–H groups in total. The van der Waals surface area contributed by atoms with Crippen LogP contribution in [-0.4, -0.2) is 28.6 Å². The van der Waals surface area contributed by atoms with E-state index in [9.17, 15) is 13.2 Å². The van der Waals surface area contributed by atoms with Crippen LogP contribution in [-0.2, 0) is 12.6 Å². The van der Waals surface area contributed by atoms with Crippen molar-refractivity contribution in [3.8, 4) is 17.1 Å². The molecule has 0 fully saturated rings. The summed E-state index contributed by atoms with van der Waals surface area (Å²) < 4.78 is 43.9. The van der Waals surface area contributed by atoms with Gasteiger partial charge in [0.05, 0.1) is 12.7 Å². The molecule has 140 valence electrons. The fourth-order valence-corrected chi connectivity index (χ4v) is 2.55. The van der Waals surface area contributed by atoms with Crippen LogP contribution in [0.1, 0.15) is 11.1 Å². The van der Waals surface area contributed by atoms with Crippen LogP contribution in [0.4, 0.5) is 19.0 Å². The Kier molecular flexibility index (Phi) is 5.54. The Balaban J connectivity index is 1.71. The predicted molar refractivity (Wildman–Crippen MR) is 95.5 cm³/mol. The highest BCUT2D eigenvalue weighted by molar-refractivity contribution is 5.56. The maximum absolute atomic E-state index is 12.8. The molecule has 3 rings (SSSR count). The van der Waals surface area contributed by atoms with E-state index >= 15 is 0 Å². The first-order valence-electron chi connectivity index (χ1n) is 8.19. The van der Waals surface area contributed by atoms with Crippen LogP contribution in [0.2, 0.25) is 0 Å². The highest BCUT2D eigenvalue weighted by Crippen LogP contribution is 2.30. The van der Waals surface area contributed by atoms with Gasteiger partial charge in [-0.3, -0.25) is 4.98 Å². The number of nitrogens with one attached hydrogen (secondary N) is 1. The maximum Gasteiger partial charge on any atom is 0.417 e. The molecule has 0 aliphatic rings. The van der Waals surface area contributed by atoms with Crippen molar-refractivity contribution in [1.82, 2.24) is 15.0 Å². The molecule has 5 nitrogen and oxygen atoms in total. The molecular formula is C19H17F3N4O. The highest BCUT2D eigenvalue weighted by atomic mass is 19.4. The molecule has 2 aromatic heterocycles. The number of pyridine rings is 1. The van der Waals surface area contributed by atoms with Crippen LogP contribution in [0.25, 0.3) is 11.4 Å². The topological polar surface area (TPSA) is 59.9 Å². The van der Waals surface area contributed by atoms with Crippen LogP contribution in [0.3, 0.4) is 0 Å². The maximum atomic E-state index is 12.8. The molecule has 0 aliphatic heterocycles. The van der Waals surface area contributed by atoms with Crippen molar-refractivity contribution in [3.63, 3.8) is 0 Å². The molecule has 0 saturated heterocycles. The minimum atomic E-state index is -4.46. The van der Waals surface area contributed by atoms with Gasteiger partial charge in [0.25, 0.3) is 0 Å². The number of benzene rings is 1. The first-order chi connectivity index (χ1) is 13.0. The number of rotatable bonds is 6. The standard InChI is InChI=1S/C19H17F3N4O/c1-27-16-5-3-2-4-13(16)6-8-24-17-7-9-25-18(26-17)14-10-15(12-23-11-14)19(20,21)22/h2-5,7,9-12H,6,8H2,1H3,(H,24,25,26). The lowest BCUT2D eigenvalue weighted by Gasteiger charge is -2.10. The average Bonchev–Trinajstić information content (AvgIpc) is 2.68. The van der Waals surface area contributed by atoms with Crippen LogP contribution in [0.5, 0.6) is 5.75 Å². The van der Waals surface area contributed by atoms with Gasteiger partial charge in [0, 0.05) is 30.7 Å². The van der Waals surface area contributed by atoms with Gasteiger partial charge in [0.15, 0.2) is 5.82 Å². The molecule has 0 bridgehead atoms. The fraction of sp³-hybridized carbons (Fsp3) is 0.211. The van der Waals surface area contributed by atoms with Gasteiger partial charge in [0.2, 0.25) is 0 Å². The Morgan fingerprint density at radius 3 is 2.70 bits per heavy atom. The largest absolute Gasteiger partial charge is 0.496 e. The van der Waals surface area contributed by atoms with Gasteiger partial charge in [-0.2, -0.15) is 13.2 Å². The lowest BCUT2D eigenvalue weighted by atomic mass is 10.1. The number of alkyl halides is 3. The van der Waals surface area contributed by atoms with E-state index in [1.54, 1.807) is 13.2 Å². The van der Waals surface area contributed by atoms with Crippen molar-refractivity contribution in [2.24, 2.45) is 0 Å². The first-order valence-corrected chi connectivity index (χ1v) is 8.19. The van der Waals surface area contributed by atoms with E-state index < -0.39 is 11.7 Å². The van der Waals surface area contributed by atoms with E-state index in [-0.39, 0.29) is 11.4 Å². The van der Waals surface area contributed by atoms with Crippen LogP contribution in [0, 0.1) is 0 Å². The molecule has 0 atom stereocenters. The van der Waals surface area contributed by atoms with Gasteiger partial charge < -0.3 is 10.1 Å². The fourth-order valence-electron chi connectivity index (χ4n) is 2.55. The van der Waals surface area contributed by atoms with Gasteiger partial charge in [0.1, 0.15) is 11.6 Å². The Hall–Kier alpha value is -3.16. The van der Waals surface area contributed by atoms with Crippen molar-refractivity contribution in [2.75, 3.05) is 19.0 Å². The van der Waals surface area contributed by atoms with Gasteiger partial charge >= 0.3 is 6.18 Å². The van der Waals surface area contributed by atoms with Gasteiger partial charge in [-0.1, -0.05) is 18.2 Å². The first kappa shape index (κ1) is 18.6. The summed E-state index contributed by atoms with van der Waals surface area (Å²) in [5.74, 6) is 1.50. The summed E-state index contributed by atoms with van der Waals surface area (Å²) in [5.41, 5.74) is 0.417. The summed E-state index contributed by atoms with van der Waals surface area (Å²) in [4.78, 5) is 12.0. The molecule has 0 spiro atoms. The lowest BCUT2D eigenvalue weighted by molar-refractivity contribution is -0.137. The number of anilines is 1. The van der Waals surface area contributed by atoms with Gasteiger partial charge in [-0.15, -0.1) is 0 Å². The normalized spacial score (nSPS) is 11.3. The molecule has 27 heavy (non-hydrogen) atoms. The Morgan fingerprint density at radius 1 is 1.11 bits per heavy atom. The van der Waals surface area contributed by atoms with Crippen molar-refractivity contribution in [3.05, 3.63) is 66.1 Å². The summed E-state index contributed by atoms with van der Waals surface area (Å²) in [7, 11) is 1.62. The van der Waals surface area contributed by atoms with Crippen molar-refractivity contribution in [1.29, 1.82) is 0 Å². The smallest absolute Gasteiger partial charge is 0.417 e. The number of para-hydroxylation sites is 1. The molecule has 0 radical (unpaired) electrons. The van der Waals surface area contributed by atoms with Crippen LogP contribution >= 0.6 is 0 Å². The highest BCUT2D eigenvalue weighted by Gasteiger charge is 2.31. The van der Waals surface area contributed by atoms with Crippen LogP contribution in [0.15, 0.2) is 55.0 Å². The third-order valence-corrected chi connectivity index (χ3v) is 3.87. The Labute approximate surface area is 154 Å². The van der Waals surface area contributed by atoms with E-state index in [0.29, 0.717) is 18.8 Å². The second-order valence-corrected chi connectivity index (χ2v) is 5.71. The number of halogens is 3. The van der Waals surface area contributed by atoms with Crippen molar-refractivity contribution in [2.45, 2.75) is 12.6 Å². The molecule has 1 aromatic carbocycles. The second kappa shape index (κ2) is 8.03. The van der Waals surface area contributed by atoms with E-state index in [0.717, 1.165) is 23.6 Å². The van der Waals surface area contributed by atoms with Crippen LogP contribution < -0.4 is 10.1 Å². The average molecular weight is 374 g/mol. The van der Waals surface area contributed by atoms with Gasteiger partial charge in [-0.25, -0.2) is 9.97 Å². The van der Waals surface area contributed by atoms with E-state index in [2.05, 4.69) is 20.3 Å². The zero-order chi connectivity index (χ0) is 19.3. The summed E-state index contributed by atoms with van der Waals surface area (Å²) >= 11 is 0. The quantitative estimate of drug-likeness (QED) is 0.700. The molecule has 0 unspecified atom stereocenters. The zero-order valence-electron chi connectivity index (χ0n) is 14.5. The number of aromatic nitrogens is 3. The minimum absolute atomic E-state index is 0.177. The molecule has 0 saturated carbocycles. The number of ether oxygens (including phenoxy) is 1. The number of methoxy groups -OCH3 is 1. The monoisotopic (exact) mass is 374 g/mol. The van der Waals surface area contributed by atoms with Crippen molar-refractivity contribution < 1.29 is 17.9 Å². The van der Waals surface area contributed by atoms with E-state index in [4.69, 9.17) is 4.74 Å². The third-order valence-electron chi connectivity index (χ3n) is 3.87. The SMILES string of the molecule is COc1ccccc1CCNc1ccnc(-c2cncc(C(F)(F)F)c2)n1. The third kappa shape index (κ3) is 4.72. The lowest BCUT2D eigenvalue weighted by Crippen LogP contribution is -2.08. The minimum Gasteiger partial charge on any atom is -0.496 e. The summed E-state index contributed by atoms with van der Waals surface area (Å²) in [5, 5.41) is 3.15. The summed E-state index contributed by atoms with van der Waals surface area (Å²) in [6.07, 6.45) is -0.182. The summed E-state index contributed by atoms with van der Waals surface area (Å²) in [6, 6.07) is 10.3. The number of nitrogens with zero attached hydrogens (tertiary/aromatic N) is 3. The molecule has 0 amide bonds. The Morgan fingerprint density at radius 2 is 1.93 bits per heavy atom. The zero-order valence-corrected chi connectivity index (χ0v) is 14.5. The van der Waals surface area contributed by atoms with Crippen molar-refractivity contribution >= 4 is 5.82 Å². The predicted octanol–water partition coefficient (Wildman–Crippen LogP) is 4.22. The second-order valence-electron chi connectivity index (χ2n) is 5.71. The number of hydrogen-bond acceptors (Lipinski definition) is 5.